The van der Waals surface area contributed by atoms with Crippen LogP contribution in [-0.4, -0.2) is 38.3 Å². The molecule has 5 nitrogen and oxygen atoms in total. The summed E-state index contributed by atoms with van der Waals surface area (Å²) in [5, 5.41) is 14.8. The smallest absolute Gasteiger partial charge is 0.304 e. The molecule has 0 radical (unpaired) electrons. The van der Waals surface area contributed by atoms with Crippen LogP contribution >= 0.6 is 0 Å². The van der Waals surface area contributed by atoms with E-state index in [0.717, 1.165) is 24.3 Å². The Morgan fingerprint density at radius 3 is 2.86 bits per heavy atom. The summed E-state index contributed by atoms with van der Waals surface area (Å²) >= 11 is 0. The van der Waals surface area contributed by atoms with Crippen LogP contribution in [0.3, 0.4) is 0 Å². The van der Waals surface area contributed by atoms with Crippen molar-refractivity contribution < 1.29 is 9.90 Å². The van der Waals surface area contributed by atoms with Gasteiger partial charge < -0.3 is 5.11 Å². The predicted molar refractivity (Wildman–Crippen MR) is 81.1 cm³/mol. The highest BCUT2D eigenvalue weighted by atomic mass is 16.4. The van der Waals surface area contributed by atoms with Crippen molar-refractivity contribution in [2.45, 2.75) is 45.3 Å². The molecule has 0 spiro atoms. The summed E-state index contributed by atoms with van der Waals surface area (Å²) in [4.78, 5) is 13.1. The molecule has 5 heteroatoms. The molecule has 1 aliphatic rings. The molecule has 3 rings (SSSR count). The number of carbonyl (C=O) groups is 1. The standard InChI is InChI=1S/C16H21N3O2/c1-2-19-15-6-4-3-5-13(15)14(17-19)11-18(12-7-8-12)10-9-16(20)21/h3-6,12H,2,7-11H2,1H3,(H,20,21). The molecule has 1 aromatic carbocycles. The van der Waals surface area contributed by atoms with Crippen molar-refractivity contribution in [2.75, 3.05) is 6.54 Å². The molecule has 1 aliphatic carbocycles. The minimum atomic E-state index is -0.732. The first-order chi connectivity index (χ1) is 10.2. The Morgan fingerprint density at radius 2 is 2.19 bits per heavy atom. The van der Waals surface area contributed by atoms with Crippen LogP contribution in [0.15, 0.2) is 24.3 Å². The molecule has 0 atom stereocenters. The van der Waals surface area contributed by atoms with Gasteiger partial charge in [-0.1, -0.05) is 18.2 Å². The molecule has 0 bridgehead atoms. The normalized spacial score (nSPS) is 15.0. The molecular formula is C16H21N3O2. The minimum Gasteiger partial charge on any atom is -0.481 e. The molecule has 1 heterocycles. The lowest BCUT2D eigenvalue weighted by molar-refractivity contribution is -0.137. The largest absolute Gasteiger partial charge is 0.481 e. The number of para-hydroxylation sites is 1. The topological polar surface area (TPSA) is 58.4 Å². The molecule has 21 heavy (non-hydrogen) atoms. The van der Waals surface area contributed by atoms with E-state index < -0.39 is 5.97 Å². The van der Waals surface area contributed by atoms with Crippen LogP contribution in [0.2, 0.25) is 0 Å². The third-order valence-electron chi connectivity index (χ3n) is 4.06. The van der Waals surface area contributed by atoms with E-state index in [1.807, 2.05) is 16.8 Å². The second-order valence-electron chi connectivity index (χ2n) is 5.62. The second kappa shape index (κ2) is 5.85. The summed E-state index contributed by atoms with van der Waals surface area (Å²) < 4.78 is 2.02. The van der Waals surface area contributed by atoms with Crippen LogP contribution in [0.25, 0.3) is 10.9 Å². The summed E-state index contributed by atoms with van der Waals surface area (Å²) in [6.07, 6.45) is 2.54. The van der Waals surface area contributed by atoms with Gasteiger partial charge in [-0.05, 0) is 25.8 Å². The van der Waals surface area contributed by atoms with E-state index in [1.54, 1.807) is 0 Å². The highest BCUT2D eigenvalue weighted by Crippen LogP contribution is 2.29. The number of rotatable bonds is 7. The molecule has 0 saturated heterocycles. The number of carboxylic acid groups (broad SMARTS) is 1. The van der Waals surface area contributed by atoms with Gasteiger partial charge in [0.05, 0.1) is 17.6 Å². The van der Waals surface area contributed by atoms with Crippen LogP contribution in [-0.2, 0) is 17.9 Å². The Balaban J connectivity index is 1.83. The lowest BCUT2D eigenvalue weighted by Crippen LogP contribution is -2.28. The Hall–Kier alpha value is -1.88. The third kappa shape index (κ3) is 3.08. The zero-order chi connectivity index (χ0) is 14.8. The van der Waals surface area contributed by atoms with Gasteiger partial charge in [-0.15, -0.1) is 0 Å². The zero-order valence-electron chi connectivity index (χ0n) is 12.3. The van der Waals surface area contributed by atoms with Crippen molar-refractivity contribution in [1.29, 1.82) is 0 Å². The SMILES string of the molecule is CCn1nc(CN(CCC(=O)O)C2CC2)c2ccccc21. The molecule has 1 N–H and O–H groups in total. The quantitative estimate of drug-likeness (QED) is 0.850. The Bertz CT molecular complexity index is 646. The van der Waals surface area contributed by atoms with Crippen molar-refractivity contribution in [2.24, 2.45) is 0 Å². The lowest BCUT2D eigenvalue weighted by atomic mass is 10.2. The summed E-state index contributed by atoms with van der Waals surface area (Å²) in [5.74, 6) is -0.732. The molecule has 1 aromatic heterocycles. The van der Waals surface area contributed by atoms with Gasteiger partial charge in [-0.2, -0.15) is 5.10 Å². The number of aromatic nitrogens is 2. The number of carboxylic acids is 1. The van der Waals surface area contributed by atoms with Crippen LogP contribution in [0.1, 0.15) is 31.9 Å². The van der Waals surface area contributed by atoms with Gasteiger partial charge in [-0.25, -0.2) is 0 Å². The van der Waals surface area contributed by atoms with Crippen molar-refractivity contribution in [1.82, 2.24) is 14.7 Å². The second-order valence-corrected chi connectivity index (χ2v) is 5.62. The molecule has 1 fully saturated rings. The minimum absolute atomic E-state index is 0.197. The fourth-order valence-corrected chi connectivity index (χ4v) is 2.82. The summed E-state index contributed by atoms with van der Waals surface area (Å²) in [7, 11) is 0. The van der Waals surface area contributed by atoms with Crippen molar-refractivity contribution in [3.8, 4) is 0 Å². The van der Waals surface area contributed by atoms with Crippen LogP contribution in [0.4, 0.5) is 0 Å². The van der Waals surface area contributed by atoms with Crippen molar-refractivity contribution in [3.05, 3.63) is 30.0 Å². The van der Waals surface area contributed by atoms with Crippen LogP contribution in [0.5, 0.6) is 0 Å². The molecule has 1 saturated carbocycles. The van der Waals surface area contributed by atoms with E-state index in [-0.39, 0.29) is 6.42 Å². The summed E-state index contributed by atoms with van der Waals surface area (Å²) in [6.45, 7) is 4.28. The lowest BCUT2D eigenvalue weighted by Gasteiger charge is -2.19. The first-order valence-electron chi connectivity index (χ1n) is 7.59. The van der Waals surface area contributed by atoms with Gasteiger partial charge in [0.25, 0.3) is 0 Å². The monoisotopic (exact) mass is 287 g/mol. The number of nitrogens with zero attached hydrogens (tertiary/aromatic N) is 3. The summed E-state index contributed by atoms with van der Waals surface area (Å²) in [5.41, 5.74) is 2.22. The maximum absolute atomic E-state index is 10.8. The van der Waals surface area contributed by atoms with E-state index in [4.69, 9.17) is 10.2 Å². The first kappa shape index (κ1) is 14.1. The van der Waals surface area contributed by atoms with E-state index in [9.17, 15) is 4.79 Å². The fraction of sp³-hybridized carbons (Fsp3) is 0.500. The number of aryl methyl sites for hydroxylation is 1. The molecule has 112 valence electrons. The maximum Gasteiger partial charge on any atom is 0.304 e. The Labute approximate surface area is 124 Å². The maximum atomic E-state index is 10.8. The van der Waals surface area contributed by atoms with E-state index in [1.165, 1.54) is 18.2 Å². The number of aliphatic carboxylic acids is 1. The number of fused-ring (bicyclic) bond motifs is 1. The van der Waals surface area contributed by atoms with Gasteiger partial charge >= 0.3 is 5.97 Å². The third-order valence-corrected chi connectivity index (χ3v) is 4.06. The molecule has 0 aliphatic heterocycles. The van der Waals surface area contributed by atoms with E-state index in [2.05, 4.69) is 24.0 Å². The Kier molecular flexibility index (Phi) is 3.92. The van der Waals surface area contributed by atoms with Crippen molar-refractivity contribution in [3.63, 3.8) is 0 Å². The van der Waals surface area contributed by atoms with Gasteiger partial charge in [0.15, 0.2) is 0 Å². The Morgan fingerprint density at radius 1 is 1.43 bits per heavy atom. The fourth-order valence-electron chi connectivity index (χ4n) is 2.82. The van der Waals surface area contributed by atoms with Crippen LogP contribution < -0.4 is 0 Å². The average molecular weight is 287 g/mol. The number of hydrogen-bond donors (Lipinski definition) is 1. The van der Waals surface area contributed by atoms with Gasteiger partial charge in [0.2, 0.25) is 0 Å². The number of benzene rings is 1. The summed E-state index contributed by atoms with van der Waals surface area (Å²) in [6, 6.07) is 8.80. The van der Waals surface area contributed by atoms with Gasteiger partial charge in [0.1, 0.15) is 0 Å². The van der Waals surface area contributed by atoms with Crippen LogP contribution in [0, 0.1) is 0 Å². The highest BCUT2D eigenvalue weighted by molar-refractivity contribution is 5.81. The predicted octanol–water partition coefficient (Wildman–Crippen LogP) is 2.50. The van der Waals surface area contributed by atoms with E-state index in [0.29, 0.717) is 12.6 Å². The molecule has 0 unspecified atom stereocenters. The molecule has 2 aromatic rings. The molecular weight excluding hydrogens is 266 g/mol. The van der Waals surface area contributed by atoms with E-state index >= 15 is 0 Å². The first-order valence-corrected chi connectivity index (χ1v) is 7.59. The highest BCUT2D eigenvalue weighted by Gasteiger charge is 2.30. The van der Waals surface area contributed by atoms with Gasteiger partial charge in [0, 0.05) is 31.1 Å². The molecule has 0 amide bonds. The zero-order valence-corrected chi connectivity index (χ0v) is 12.3. The average Bonchev–Trinajstić information content (AvgIpc) is 3.26. The van der Waals surface area contributed by atoms with Gasteiger partial charge in [-0.3, -0.25) is 14.4 Å². The van der Waals surface area contributed by atoms with Crippen molar-refractivity contribution >= 4 is 16.9 Å². The number of hydrogen-bond acceptors (Lipinski definition) is 3.